The lowest BCUT2D eigenvalue weighted by Gasteiger charge is -2.26. The van der Waals surface area contributed by atoms with E-state index in [1.807, 2.05) is 0 Å². The SMILES string of the molecule is Cn1c(=O)c(C(=O)c2cccc(S(=O)(=O)O)c2)c2c3c(c(Nc4ccc(S(=O)(=O)c5ccccc5C(=O)O)cc4S(=O)(=O)O)ccc31)C(=O)c1ccccc1-2. The molecule has 1 aliphatic carbocycles. The Hall–Kier alpha value is -6.31. The van der Waals surface area contributed by atoms with Crippen molar-refractivity contribution in [3.8, 4) is 11.1 Å². The Morgan fingerprint density at radius 2 is 1.31 bits per heavy atom. The van der Waals surface area contributed by atoms with Crippen molar-refractivity contribution in [2.45, 2.75) is 19.6 Å². The number of nitrogens with one attached hydrogen (secondary N) is 1. The standard InChI is InChI=1S/C37H24N2O13S3/c1-39-27-16-15-26(38-25-14-13-20(18-29(25)55(50,51)52)53(45,46)28-12-5-4-11-24(28)37(43)44)31-32(27)30(22-9-2-3-10-23(22)35(31)41)33(36(39)42)34(40)19-7-6-8-21(17-19)54(47,48)49/h2-18,38H,1H3,(H,43,44)(H,47,48,49)(H,50,51,52). The normalized spacial score (nSPS) is 12.7. The van der Waals surface area contributed by atoms with Crippen molar-refractivity contribution >= 4 is 69.9 Å². The van der Waals surface area contributed by atoms with Crippen LogP contribution in [0, 0.1) is 0 Å². The molecular weight excluding hydrogens is 777 g/mol. The first kappa shape index (κ1) is 37.0. The number of aryl methyl sites for hydroxylation is 1. The van der Waals surface area contributed by atoms with Gasteiger partial charge in [0.2, 0.25) is 9.84 Å². The van der Waals surface area contributed by atoms with Gasteiger partial charge in [-0.05, 0) is 60.2 Å². The molecule has 6 aromatic rings. The summed E-state index contributed by atoms with van der Waals surface area (Å²) in [4.78, 5) is 51.4. The Morgan fingerprint density at radius 1 is 0.655 bits per heavy atom. The Labute approximate surface area is 311 Å². The zero-order chi connectivity index (χ0) is 39.8. The molecule has 15 nitrogen and oxygen atoms in total. The Morgan fingerprint density at radius 3 is 1.98 bits per heavy atom. The molecule has 0 atom stereocenters. The lowest BCUT2D eigenvalue weighted by molar-refractivity contribution is 0.0692. The van der Waals surface area contributed by atoms with Gasteiger partial charge in [-0.2, -0.15) is 16.8 Å². The van der Waals surface area contributed by atoms with Crippen LogP contribution in [-0.2, 0) is 37.1 Å². The number of ketones is 2. The van der Waals surface area contributed by atoms with Crippen molar-refractivity contribution in [1.82, 2.24) is 4.57 Å². The predicted molar refractivity (Wildman–Crippen MR) is 196 cm³/mol. The number of aromatic nitrogens is 1. The van der Waals surface area contributed by atoms with Gasteiger partial charge in [0.25, 0.3) is 25.8 Å². The first-order valence-corrected chi connectivity index (χ1v) is 20.1. The molecule has 0 unspecified atom stereocenters. The minimum Gasteiger partial charge on any atom is -0.478 e. The minimum atomic E-state index is -5.22. The lowest BCUT2D eigenvalue weighted by atomic mass is 9.80. The number of fused-ring (bicyclic) bond motifs is 2. The number of hydrogen-bond donors (Lipinski definition) is 4. The summed E-state index contributed by atoms with van der Waals surface area (Å²) in [5.41, 5.74) is -2.36. The summed E-state index contributed by atoms with van der Waals surface area (Å²) in [6.45, 7) is 0. The largest absolute Gasteiger partial charge is 0.478 e. The number of aromatic carboxylic acids is 1. The van der Waals surface area contributed by atoms with E-state index in [0.29, 0.717) is 6.07 Å². The van der Waals surface area contributed by atoms with Gasteiger partial charge in [0.15, 0.2) is 11.6 Å². The maximum Gasteiger partial charge on any atom is 0.337 e. The number of nitrogens with zero attached hydrogens (tertiary/aromatic N) is 1. The van der Waals surface area contributed by atoms with Crippen LogP contribution in [0.15, 0.2) is 128 Å². The molecular formula is C37H24N2O13S3. The van der Waals surface area contributed by atoms with E-state index in [2.05, 4.69) is 5.32 Å². The highest BCUT2D eigenvalue weighted by Crippen LogP contribution is 2.44. The molecule has 55 heavy (non-hydrogen) atoms. The predicted octanol–water partition coefficient (Wildman–Crippen LogP) is 4.75. The smallest absolute Gasteiger partial charge is 0.337 e. The van der Waals surface area contributed by atoms with Gasteiger partial charge in [0.1, 0.15) is 4.90 Å². The van der Waals surface area contributed by atoms with Crippen LogP contribution in [0.4, 0.5) is 11.4 Å². The number of pyridine rings is 1. The second kappa shape index (κ2) is 12.9. The van der Waals surface area contributed by atoms with Crippen LogP contribution in [0.5, 0.6) is 0 Å². The molecule has 0 bridgehead atoms. The quantitative estimate of drug-likeness (QED) is 0.114. The molecule has 7 rings (SSSR count). The van der Waals surface area contributed by atoms with Gasteiger partial charge in [-0.25, -0.2) is 13.2 Å². The minimum absolute atomic E-state index is 0.00255. The average molecular weight is 801 g/mol. The van der Waals surface area contributed by atoms with Gasteiger partial charge < -0.3 is 15.0 Å². The fourth-order valence-corrected chi connectivity index (χ4v) is 9.32. The number of anilines is 2. The molecule has 1 aliphatic rings. The van der Waals surface area contributed by atoms with Gasteiger partial charge in [-0.15, -0.1) is 0 Å². The van der Waals surface area contributed by atoms with Crippen molar-refractivity contribution < 1.29 is 53.8 Å². The zero-order valence-electron chi connectivity index (χ0n) is 27.9. The average Bonchev–Trinajstić information content (AvgIpc) is 3.14. The molecule has 0 saturated carbocycles. The van der Waals surface area contributed by atoms with Gasteiger partial charge in [0, 0.05) is 29.1 Å². The molecule has 278 valence electrons. The lowest BCUT2D eigenvalue weighted by Crippen LogP contribution is -2.29. The number of benzene rings is 5. The number of hydrogen-bond acceptors (Lipinski definition) is 11. The van der Waals surface area contributed by atoms with E-state index in [4.69, 9.17) is 0 Å². The van der Waals surface area contributed by atoms with E-state index in [1.165, 1.54) is 61.6 Å². The molecule has 0 aliphatic heterocycles. The van der Waals surface area contributed by atoms with E-state index in [0.717, 1.165) is 41.0 Å². The van der Waals surface area contributed by atoms with Gasteiger partial charge in [0.05, 0.1) is 48.3 Å². The van der Waals surface area contributed by atoms with Gasteiger partial charge >= 0.3 is 5.97 Å². The van der Waals surface area contributed by atoms with Crippen LogP contribution >= 0.6 is 0 Å². The van der Waals surface area contributed by atoms with Crippen LogP contribution in [0.1, 0.15) is 42.2 Å². The van der Waals surface area contributed by atoms with Crippen molar-refractivity contribution in [1.29, 1.82) is 0 Å². The summed E-state index contributed by atoms with van der Waals surface area (Å²) in [5, 5.41) is 12.4. The summed E-state index contributed by atoms with van der Waals surface area (Å²) in [5.74, 6) is -3.12. The van der Waals surface area contributed by atoms with E-state index in [1.54, 1.807) is 6.07 Å². The third-order valence-corrected chi connectivity index (χ3v) is 12.6. The number of carbonyl (C=O) groups is 3. The topological polar surface area (TPSA) is 248 Å². The van der Waals surface area contributed by atoms with Crippen LogP contribution < -0.4 is 10.9 Å². The first-order chi connectivity index (χ1) is 25.8. The van der Waals surface area contributed by atoms with E-state index < -0.39 is 89.6 Å². The highest BCUT2D eigenvalue weighted by molar-refractivity contribution is 7.91. The van der Waals surface area contributed by atoms with Crippen molar-refractivity contribution in [3.63, 3.8) is 0 Å². The van der Waals surface area contributed by atoms with E-state index >= 15 is 0 Å². The number of carboxylic acid groups (broad SMARTS) is 1. The van der Waals surface area contributed by atoms with E-state index in [-0.39, 0.29) is 44.4 Å². The molecule has 0 radical (unpaired) electrons. The fraction of sp³-hybridized carbons (Fsp3) is 0.0270. The summed E-state index contributed by atoms with van der Waals surface area (Å²) in [7, 11) is -13.3. The van der Waals surface area contributed by atoms with Crippen molar-refractivity contribution in [2.75, 3.05) is 5.32 Å². The van der Waals surface area contributed by atoms with Crippen LogP contribution in [-0.4, -0.2) is 61.6 Å². The fourth-order valence-electron chi connectivity index (χ4n) is 6.57. The zero-order valence-corrected chi connectivity index (χ0v) is 30.4. The second-order valence-electron chi connectivity index (χ2n) is 12.3. The van der Waals surface area contributed by atoms with E-state index in [9.17, 15) is 58.6 Å². The molecule has 0 fully saturated rings. The molecule has 4 N–H and O–H groups in total. The Bertz CT molecular complexity index is 3130. The molecule has 5 aromatic carbocycles. The van der Waals surface area contributed by atoms with Crippen LogP contribution in [0.2, 0.25) is 0 Å². The second-order valence-corrected chi connectivity index (χ2v) is 17.0. The molecule has 1 aromatic heterocycles. The summed E-state index contributed by atoms with van der Waals surface area (Å²) >= 11 is 0. The van der Waals surface area contributed by atoms with Gasteiger partial charge in [-0.1, -0.05) is 48.5 Å². The summed E-state index contributed by atoms with van der Waals surface area (Å²) in [6.07, 6.45) is 0. The Balaban J connectivity index is 1.47. The highest BCUT2D eigenvalue weighted by atomic mass is 32.2. The van der Waals surface area contributed by atoms with Crippen molar-refractivity contribution in [3.05, 3.63) is 141 Å². The maximum absolute atomic E-state index is 14.3. The van der Waals surface area contributed by atoms with Gasteiger partial charge in [-0.3, -0.25) is 23.5 Å². The molecule has 0 amide bonds. The number of carbonyl (C=O) groups excluding carboxylic acids is 2. The third kappa shape index (κ3) is 6.11. The molecule has 0 spiro atoms. The molecule has 0 saturated heterocycles. The first-order valence-electron chi connectivity index (χ1n) is 15.7. The van der Waals surface area contributed by atoms with Crippen molar-refractivity contribution in [2.24, 2.45) is 7.05 Å². The number of carboxylic acids is 1. The third-order valence-electron chi connectivity index (χ3n) is 9.07. The summed E-state index contributed by atoms with van der Waals surface area (Å²) in [6, 6.07) is 20.4. The molecule has 1 heterocycles. The summed E-state index contributed by atoms with van der Waals surface area (Å²) < 4.78 is 97.4. The van der Waals surface area contributed by atoms with Crippen LogP contribution in [0.3, 0.4) is 0 Å². The molecule has 18 heteroatoms. The number of sulfone groups is 1. The monoisotopic (exact) mass is 800 g/mol. The van der Waals surface area contributed by atoms with Crippen LogP contribution in [0.25, 0.3) is 22.0 Å². The highest BCUT2D eigenvalue weighted by Gasteiger charge is 2.35. The maximum atomic E-state index is 14.3. The number of rotatable bonds is 9. The Kier molecular flexibility index (Phi) is 8.70.